The minimum atomic E-state index is 0.109. The monoisotopic (exact) mass is 266 g/mol. The molecule has 1 saturated heterocycles. The molecule has 18 heavy (non-hydrogen) atoms. The first kappa shape index (κ1) is 13.9. The molecule has 2 atom stereocenters. The lowest BCUT2D eigenvalue weighted by molar-refractivity contribution is 0.197. The quantitative estimate of drug-likeness (QED) is 0.908. The topological polar surface area (TPSA) is 29.3 Å². The Morgan fingerprint density at radius 3 is 2.61 bits per heavy atom. The van der Waals surface area contributed by atoms with Crippen LogP contribution in [0.25, 0.3) is 0 Å². The van der Waals surface area contributed by atoms with Gasteiger partial charge in [0.15, 0.2) is 0 Å². The molecule has 0 radical (unpaired) electrons. The van der Waals surface area contributed by atoms with Crippen molar-refractivity contribution in [1.82, 2.24) is 4.90 Å². The molecule has 2 unspecified atom stereocenters. The summed E-state index contributed by atoms with van der Waals surface area (Å²) in [5.41, 5.74) is 7.83. The van der Waals surface area contributed by atoms with Gasteiger partial charge in [-0.15, -0.1) is 0 Å². The van der Waals surface area contributed by atoms with Crippen LogP contribution in [0, 0.1) is 5.41 Å². The molecule has 0 amide bonds. The smallest absolute Gasteiger partial charge is 0.0497 e. The second-order valence-electron chi connectivity index (χ2n) is 6.24. The van der Waals surface area contributed by atoms with Gasteiger partial charge < -0.3 is 5.73 Å². The summed E-state index contributed by atoms with van der Waals surface area (Å²) in [5.74, 6) is 0. The van der Waals surface area contributed by atoms with E-state index in [4.69, 9.17) is 17.3 Å². The van der Waals surface area contributed by atoms with Gasteiger partial charge in [0.2, 0.25) is 0 Å². The second kappa shape index (κ2) is 5.20. The molecule has 3 heteroatoms. The molecule has 0 aromatic heterocycles. The summed E-state index contributed by atoms with van der Waals surface area (Å²) in [6, 6.07) is 8.47. The van der Waals surface area contributed by atoms with Crippen LogP contribution in [0.4, 0.5) is 0 Å². The van der Waals surface area contributed by atoms with Crippen LogP contribution in [0.3, 0.4) is 0 Å². The Morgan fingerprint density at radius 2 is 2.11 bits per heavy atom. The summed E-state index contributed by atoms with van der Waals surface area (Å²) in [6.45, 7) is 8.95. The number of nitrogens with zero attached hydrogens (tertiary/aromatic N) is 1. The second-order valence-corrected chi connectivity index (χ2v) is 6.68. The van der Waals surface area contributed by atoms with Crippen LogP contribution in [0.2, 0.25) is 5.02 Å². The van der Waals surface area contributed by atoms with E-state index in [1.807, 2.05) is 18.2 Å². The number of likely N-dealkylation sites (tertiary alicyclic amines) is 1. The molecule has 1 heterocycles. The fourth-order valence-electron chi connectivity index (χ4n) is 2.93. The Bertz CT molecular complexity index is 415. The molecule has 0 saturated carbocycles. The molecule has 1 aromatic carbocycles. The van der Waals surface area contributed by atoms with Crippen LogP contribution >= 0.6 is 11.6 Å². The number of benzene rings is 1. The van der Waals surface area contributed by atoms with Crippen molar-refractivity contribution in [3.8, 4) is 0 Å². The fourth-order valence-corrected chi connectivity index (χ4v) is 3.13. The van der Waals surface area contributed by atoms with Gasteiger partial charge in [0, 0.05) is 23.7 Å². The van der Waals surface area contributed by atoms with Crippen molar-refractivity contribution in [1.29, 1.82) is 0 Å². The standard InChI is InChI=1S/C15H23ClN2/c1-11(17)14(12-5-4-6-13(16)9-12)18-8-7-15(2,3)10-18/h4-6,9,11,14H,7-8,10,17H2,1-3H3. The maximum absolute atomic E-state index is 6.20. The van der Waals surface area contributed by atoms with E-state index < -0.39 is 0 Å². The normalized spacial score (nSPS) is 22.9. The molecule has 2 N–H and O–H groups in total. The number of halogens is 1. The fraction of sp³-hybridized carbons (Fsp3) is 0.600. The number of hydrogen-bond donors (Lipinski definition) is 1. The van der Waals surface area contributed by atoms with Gasteiger partial charge in [-0.3, -0.25) is 4.90 Å². The number of nitrogens with two attached hydrogens (primary N) is 1. The molecule has 2 nitrogen and oxygen atoms in total. The van der Waals surface area contributed by atoms with Crippen LogP contribution in [-0.4, -0.2) is 24.0 Å². The predicted octanol–water partition coefficient (Wildman–Crippen LogP) is 3.46. The van der Waals surface area contributed by atoms with Crippen LogP contribution in [-0.2, 0) is 0 Å². The minimum Gasteiger partial charge on any atom is -0.326 e. The summed E-state index contributed by atoms with van der Waals surface area (Å²) in [4.78, 5) is 2.50. The molecular weight excluding hydrogens is 244 g/mol. The summed E-state index contributed by atoms with van der Waals surface area (Å²) >= 11 is 6.10. The van der Waals surface area contributed by atoms with Gasteiger partial charge in [-0.2, -0.15) is 0 Å². The van der Waals surface area contributed by atoms with Crippen molar-refractivity contribution < 1.29 is 0 Å². The van der Waals surface area contributed by atoms with Gasteiger partial charge in [-0.25, -0.2) is 0 Å². The Morgan fingerprint density at radius 1 is 1.39 bits per heavy atom. The lowest BCUT2D eigenvalue weighted by Crippen LogP contribution is -2.39. The average Bonchev–Trinajstić information content (AvgIpc) is 2.58. The van der Waals surface area contributed by atoms with Gasteiger partial charge in [0.25, 0.3) is 0 Å². The molecule has 0 aliphatic carbocycles. The van der Waals surface area contributed by atoms with Crippen LogP contribution < -0.4 is 5.73 Å². The first-order valence-electron chi connectivity index (χ1n) is 6.64. The van der Waals surface area contributed by atoms with Crippen molar-refractivity contribution in [2.75, 3.05) is 13.1 Å². The number of rotatable bonds is 3. The van der Waals surface area contributed by atoms with E-state index in [-0.39, 0.29) is 12.1 Å². The maximum atomic E-state index is 6.20. The van der Waals surface area contributed by atoms with Crippen LogP contribution in [0.15, 0.2) is 24.3 Å². The Labute approximate surface area is 115 Å². The maximum Gasteiger partial charge on any atom is 0.0497 e. The van der Waals surface area contributed by atoms with Crippen LogP contribution in [0.1, 0.15) is 38.8 Å². The van der Waals surface area contributed by atoms with Crippen molar-refractivity contribution >= 4 is 11.6 Å². The lowest BCUT2D eigenvalue weighted by atomic mass is 9.93. The highest BCUT2D eigenvalue weighted by Crippen LogP contribution is 2.36. The van der Waals surface area contributed by atoms with Crippen LogP contribution in [0.5, 0.6) is 0 Å². The average molecular weight is 267 g/mol. The van der Waals surface area contributed by atoms with E-state index >= 15 is 0 Å². The lowest BCUT2D eigenvalue weighted by Gasteiger charge is -2.32. The zero-order chi connectivity index (χ0) is 13.3. The van der Waals surface area contributed by atoms with E-state index in [1.54, 1.807) is 0 Å². The van der Waals surface area contributed by atoms with E-state index in [1.165, 1.54) is 12.0 Å². The van der Waals surface area contributed by atoms with Gasteiger partial charge in [0.05, 0.1) is 0 Å². The van der Waals surface area contributed by atoms with E-state index in [0.717, 1.165) is 18.1 Å². The van der Waals surface area contributed by atoms with Crippen molar-refractivity contribution in [3.63, 3.8) is 0 Å². The van der Waals surface area contributed by atoms with Gasteiger partial charge >= 0.3 is 0 Å². The first-order chi connectivity index (χ1) is 8.39. The highest BCUT2D eigenvalue weighted by molar-refractivity contribution is 6.30. The molecular formula is C15H23ClN2. The molecule has 1 aromatic rings. The zero-order valence-corrected chi connectivity index (χ0v) is 12.2. The molecule has 1 aliphatic heterocycles. The summed E-state index contributed by atoms with van der Waals surface area (Å²) in [5, 5.41) is 0.789. The largest absolute Gasteiger partial charge is 0.326 e. The zero-order valence-electron chi connectivity index (χ0n) is 11.5. The summed E-state index contributed by atoms with van der Waals surface area (Å²) in [7, 11) is 0. The molecule has 1 aliphatic rings. The Hall–Kier alpha value is -0.570. The summed E-state index contributed by atoms with van der Waals surface area (Å²) < 4.78 is 0. The first-order valence-corrected chi connectivity index (χ1v) is 7.02. The van der Waals surface area contributed by atoms with E-state index in [9.17, 15) is 0 Å². The summed E-state index contributed by atoms with van der Waals surface area (Å²) in [6.07, 6.45) is 1.23. The highest BCUT2D eigenvalue weighted by atomic mass is 35.5. The molecule has 2 rings (SSSR count). The SMILES string of the molecule is CC(N)C(c1cccc(Cl)c1)N1CCC(C)(C)C1. The Balaban J connectivity index is 2.24. The van der Waals surface area contributed by atoms with Gasteiger partial charge in [-0.1, -0.05) is 37.6 Å². The molecule has 0 spiro atoms. The molecule has 0 bridgehead atoms. The van der Waals surface area contributed by atoms with Gasteiger partial charge in [0.1, 0.15) is 0 Å². The molecule has 1 fully saturated rings. The Kier molecular flexibility index (Phi) is 4.00. The van der Waals surface area contributed by atoms with Crippen molar-refractivity contribution in [2.24, 2.45) is 11.1 Å². The predicted molar refractivity (Wildman–Crippen MR) is 77.8 cm³/mol. The van der Waals surface area contributed by atoms with E-state index in [0.29, 0.717) is 5.41 Å². The third-order valence-electron chi connectivity index (χ3n) is 3.79. The minimum absolute atomic E-state index is 0.109. The highest BCUT2D eigenvalue weighted by Gasteiger charge is 2.35. The van der Waals surface area contributed by atoms with Crippen molar-refractivity contribution in [2.45, 2.75) is 39.3 Å². The third kappa shape index (κ3) is 3.05. The van der Waals surface area contributed by atoms with E-state index in [2.05, 4.69) is 31.7 Å². The van der Waals surface area contributed by atoms with Crippen molar-refractivity contribution in [3.05, 3.63) is 34.9 Å². The molecule has 100 valence electrons. The van der Waals surface area contributed by atoms with Gasteiger partial charge in [-0.05, 0) is 43.0 Å². The third-order valence-corrected chi connectivity index (χ3v) is 4.02. The number of hydrogen-bond acceptors (Lipinski definition) is 2.